The highest BCUT2D eigenvalue weighted by atomic mass is 16.6. The molecule has 6 heteroatoms. The molecule has 0 rings (SSSR count). The van der Waals surface area contributed by atoms with Crippen molar-refractivity contribution in [1.29, 1.82) is 0 Å². The smallest absolute Gasteiger partial charge is 0.450 e. The molecule has 0 spiro atoms. The van der Waals surface area contributed by atoms with Crippen molar-refractivity contribution < 1.29 is 30.0 Å². The molecule has 6 nitrogen and oxygen atoms in total. The fourth-order valence-corrected chi connectivity index (χ4v) is 0. The number of hydrogen-bond donors (Lipinski definition) is 4. The SMILES string of the molecule is C=CC.CC.O=C(O)O.O=C(O)O. The summed E-state index contributed by atoms with van der Waals surface area (Å²) in [6.45, 7) is 9.25. The second-order valence-corrected chi connectivity index (χ2v) is 0.973. The molecule has 4 N–H and O–H groups in total. The van der Waals surface area contributed by atoms with Gasteiger partial charge in [-0.3, -0.25) is 0 Å². The Morgan fingerprint density at radius 3 is 1.00 bits per heavy atom. The Balaban J connectivity index is -0.0000000431. The van der Waals surface area contributed by atoms with Crippen molar-refractivity contribution >= 4 is 12.3 Å². The average molecular weight is 196 g/mol. The molecule has 0 aromatic rings. The molecule has 0 aliphatic rings. The van der Waals surface area contributed by atoms with E-state index in [1.165, 1.54) is 0 Å². The molecule has 0 saturated heterocycles. The van der Waals surface area contributed by atoms with Gasteiger partial charge in [0.05, 0.1) is 0 Å². The Morgan fingerprint density at radius 2 is 1.00 bits per heavy atom. The van der Waals surface area contributed by atoms with Crippen LogP contribution in [0.15, 0.2) is 12.7 Å². The Labute approximate surface area is 76.8 Å². The molecule has 0 heterocycles. The molecule has 0 radical (unpaired) electrons. The molecule has 0 saturated carbocycles. The van der Waals surface area contributed by atoms with E-state index in [4.69, 9.17) is 30.0 Å². The van der Waals surface area contributed by atoms with Crippen molar-refractivity contribution in [2.24, 2.45) is 0 Å². The lowest BCUT2D eigenvalue weighted by atomic mass is 10.8. The van der Waals surface area contributed by atoms with Gasteiger partial charge < -0.3 is 20.4 Å². The van der Waals surface area contributed by atoms with Gasteiger partial charge in [0, 0.05) is 0 Å². The molecular formula is C7H16O6. The topological polar surface area (TPSA) is 115 Å². The Hall–Kier alpha value is -1.72. The minimum Gasteiger partial charge on any atom is -0.450 e. The normalized spacial score (nSPS) is 5.15. The van der Waals surface area contributed by atoms with Crippen LogP contribution in [0.3, 0.4) is 0 Å². The van der Waals surface area contributed by atoms with E-state index in [1.807, 2.05) is 20.8 Å². The third kappa shape index (κ3) is 238. The molecule has 0 aromatic carbocycles. The third-order valence-electron chi connectivity index (χ3n) is 0. The standard InChI is InChI=1S/C3H6.C2H6.2CH2O3/c1-3-2;1-2;2*2-1(3)4/h3H,1H2,2H3;1-2H3;2*(H2,2,3,4). The first-order chi connectivity index (χ1) is 5.88. The second-order valence-electron chi connectivity index (χ2n) is 0.973. The molecule has 0 aliphatic carbocycles. The van der Waals surface area contributed by atoms with E-state index in [2.05, 4.69) is 6.58 Å². The molecule has 80 valence electrons. The highest BCUT2D eigenvalue weighted by Gasteiger charge is 1.70. The van der Waals surface area contributed by atoms with Gasteiger partial charge in [-0.25, -0.2) is 9.59 Å². The summed E-state index contributed by atoms with van der Waals surface area (Å²) < 4.78 is 0. The van der Waals surface area contributed by atoms with Crippen LogP contribution in [0.1, 0.15) is 20.8 Å². The van der Waals surface area contributed by atoms with Crippen molar-refractivity contribution in [3.63, 3.8) is 0 Å². The van der Waals surface area contributed by atoms with E-state index in [-0.39, 0.29) is 0 Å². The summed E-state index contributed by atoms with van der Waals surface area (Å²) in [7, 11) is 0. The maximum absolute atomic E-state index is 8.56. The fraction of sp³-hybridized carbons (Fsp3) is 0.429. The van der Waals surface area contributed by atoms with Crippen molar-refractivity contribution in [1.82, 2.24) is 0 Å². The maximum Gasteiger partial charge on any atom is 0.503 e. The van der Waals surface area contributed by atoms with Crippen LogP contribution in [0, 0.1) is 0 Å². The van der Waals surface area contributed by atoms with Crippen LogP contribution in [-0.4, -0.2) is 32.7 Å². The van der Waals surface area contributed by atoms with Crippen LogP contribution in [0.25, 0.3) is 0 Å². The lowest BCUT2D eigenvalue weighted by Gasteiger charge is -1.60. The van der Waals surface area contributed by atoms with Crippen LogP contribution in [0.4, 0.5) is 9.59 Å². The summed E-state index contributed by atoms with van der Waals surface area (Å²) in [5.74, 6) is 0. The summed E-state index contributed by atoms with van der Waals surface area (Å²) in [4.78, 5) is 17.1. The highest BCUT2D eigenvalue weighted by Crippen LogP contribution is 1.43. The van der Waals surface area contributed by atoms with E-state index < -0.39 is 12.3 Å². The zero-order valence-corrected chi connectivity index (χ0v) is 7.89. The Morgan fingerprint density at radius 1 is 1.00 bits per heavy atom. The number of allylic oxidation sites excluding steroid dienone is 1. The minimum absolute atomic E-state index is 1.75. The van der Waals surface area contributed by atoms with Crippen LogP contribution < -0.4 is 0 Å². The number of carboxylic acid groups (broad SMARTS) is 4. The largest absolute Gasteiger partial charge is 0.503 e. The zero-order valence-electron chi connectivity index (χ0n) is 7.89. The van der Waals surface area contributed by atoms with E-state index in [0.29, 0.717) is 0 Å². The second kappa shape index (κ2) is 31.8. The van der Waals surface area contributed by atoms with Gasteiger partial charge in [-0.15, -0.1) is 6.58 Å². The molecule has 13 heavy (non-hydrogen) atoms. The number of hydrogen-bond acceptors (Lipinski definition) is 2. The molecule has 0 aromatic heterocycles. The monoisotopic (exact) mass is 196 g/mol. The molecule has 0 bridgehead atoms. The van der Waals surface area contributed by atoms with E-state index >= 15 is 0 Å². The highest BCUT2D eigenvalue weighted by molar-refractivity contribution is 5.53. The first-order valence-corrected chi connectivity index (χ1v) is 3.29. The van der Waals surface area contributed by atoms with Crippen LogP contribution in [0.5, 0.6) is 0 Å². The molecule has 0 unspecified atom stereocenters. The molecule has 0 atom stereocenters. The van der Waals surface area contributed by atoms with Crippen molar-refractivity contribution in [3.8, 4) is 0 Å². The van der Waals surface area contributed by atoms with Crippen molar-refractivity contribution in [3.05, 3.63) is 12.7 Å². The molecule has 0 aliphatic heterocycles. The predicted molar refractivity (Wildman–Crippen MR) is 48.5 cm³/mol. The first kappa shape index (κ1) is 22.5. The summed E-state index contributed by atoms with van der Waals surface area (Å²) in [6, 6.07) is 0. The molecule has 0 fully saturated rings. The van der Waals surface area contributed by atoms with Gasteiger partial charge >= 0.3 is 12.3 Å². The number of rotatable bonds is 0. The van der Waals surface area contributed by atoms with Crippen LogP contribution in [0.2, 0.25) is 0 Å². The number of carbonyl (C=O) groups is 2. The van der Waals surface area contributed by atoms with Crippen LogP contribution >= 0.6 is 0 Å². The Bertz CT molecular complexity index is 100. The third-order valence-corrected chi connectivity index (χ3v) is 0. The van der Waals surface area contributed by atoms with E-state index in [0.717, 1.165) is 0 Å². The van der Waals surface area contributed by atoms with Crippen LogP contribution in [-0.2, 0) is 0 Å². The van der Waals surface area contributed by atoms with E-state index in [9.17, 15) is 0 Å². The van der Waals surface area contributed by atoms with Crippen molar-refractivity contribution in [2.75, 3.05) is 0 Å². The van der Waals surface area contributed by atoms with Gasteiger partial charge in [0.1, 0.15) is 0 Å². The molecule has 0 amide bonds. The average Bonchev–Trinajstić information content (AvgIpc) is 1.89. The zero-order chi connectivity index (χ0) is 11.9. The predicted octanol–water partition coefficient (Wildman–Crippen LogP) is 2.66. The van der Waals surface area contributed by atoms with Gasteiger partial charge in [-0.2, -0.15) is 0 Å². The first-order valence-electron chi connectivity index (χ1n) is 3.29. The summed E-state index contributed by atoms with van der Waals surface area (Å²) in [5.41, 5.74) is 0. The molecular weight excluding hydrogens is 180 g/mol. The van der Waals surface area contributed by atoms with E-state index in [1.54, 1.807) is 6.08 Å². The minimum atomic E-state index is -1.83. The fourth-order valence-electron chi connectivity index (χ4n) is 0. The van der Waals surface area contributed by atoms with Gasteiger partial charge in [-0.05, 0) is 6.92 Å². The lowest BCUT2D eigenvalue weighted by Crippen LogP contribution is -1.81. The van der Waals surface area contributed by atoms with Gasteiger partial charge in [0.25, 0.3) is 0 Å². The van der Waals surface area contributed by atoms with Gasteiger partial charge in [0.2, 0.25) is 0 Å². The van der Waals surface area contributed by atoms with Gasteiger partial charge in [0.15, 0.2) is 0 Å². The summed E-state index contributed by atoms with van der Waals surface area (Å²) in [5, 5.41) is 27.9. The quantitative estimate of drug-likeness (QED) is 0.442. The Kier molecular flexibility index (Phi) is 54.9. The maximum atomic E-state index is 8.56. The lowest BCUT2D eigenvalue weighted by molar-refractivity contribution is 0.135. The van der Waals surface area contributed by atoms with Gasteiger partial charge in [-0.1, -0.05) is 19.9 Å². The summed E-state index contributed by atoms with van der Waals surface area (Å²) in [6.07, 6.45) is -1.92. The van der Waals surface area contributed by atoms with Crippen molar-refractivity contribution in [2.45, 2.75) is 20.8 Å². The summed E-state index contributed by atoms with van der Waals surface area (Å²) >= 11 is 0.